The molecule has 0 fully saturated rings. The van der Waals surface area contributed by atoms with Crippen molar-refractivity contribution in [2.75, 3.05) is 0 Å². The molecule has 0 unspecified atom stereocenters. The van der Waals surface area contributed by atoms with Gasteiger partial charge in [-0.2, -0.15) is 0 Å². The van der Waals surface area contributed by atoms with E-state index in [0.717, 1.165) is 0 Å². The summed E-state index contributed by atoms with van der Waals surface area (Å²) in [7, 11) is 0. The Labute approximate surface area is 85.5 Å². The monoisotopic (exact) mass is 234 g/mol. The first kappa shape index (κ1) is 11.8. The minimum atomic E-state index is -3.12. The molecule has 0 saturated carbocycles. The van der Waals surface area contributed by atoms with Gasteiger partial charge in [0.2, 0.25) is 5.69 Å². The lowest BCUT2D eigenvalue weighted by Gasteiger charge is -2.02. The minimum Gasteiger partial charge on any atom is -0.476 e. The predicted molar refractivity (Wildman–Crippen MR) is 45.6 cm³/mol. The molecule has 0 atom stereocenters. The molecular weight excluding hydrogens is 230 g/mol. The number of nitro groups is 1. The molecule has 9 heteroatoms. The van der Waals surface area contributed by atoms with Crippen molar-refractivity contribution in [2.45, 2.75) is 6.43 Å². The highest BCUT2D eigenvalue weighted by atomic mass is 19.3. The van der Waals surface area contributed by atoms with Crippen LogP contribution in [-0.4, -0.2) is 21.0 Å². The third-order valence-electron chi connectivity index (χ3n) is 1.66. The van der Waals surface area contributed by atoms with Crippen LogP contribution in [0.25, 0.3) is 0 Å². The highest BCUT2D eigenvalue weighted by Gasteiger charge is 2.27. The topological polar surface area (TPSA) is 113 Å². The van der Waals surface area contributed by atoms with Crippen LogP contribution in [0.15, 0.2) is 10.9 Å². The third-order valence-corrected chi connectivity index (χ3v) is 1.66. The van der Waals surface area contributed by atoms with Gasteiger partial charge in [0, 0.05) is 6.07 Å². The molecule has 16 heavy (non-hydrogen) atoms. The molecule has 0 bridgehead atoms. The van der Waals surface area contributed by atoms with Crippen molar-refractivity contribution in [3.05, 3.63) is 37.8 Å². The van der Waals surface area contributed by atoms with E-state index in [1.54, 1.807) is 4.98 Å². The summed E-state index contributed by atoms with van der Waals surface area (Å²) in [5, 5.41) is 18.9. The number of halogens is 2. The number of alkyl halides is 2. The Morgan fingerprint density at radius 2 is 2.12 bits per heavy atom. The third kappa shape index (κ3) is 2.02. The van der Waals surface area contributed by atoms with E-state index in [9.17, 15) is 28.5 Å². The Morgan fingerprint density at radius 3 is 2.50 bits per heavy atom. The summed E-state index contributed by atoms with van der Waals surface area (Å²) in [5.41, 5.74) is -4.78. The molecule has 0 amide bonds. The normalized spacial score (nSPS) is 10.4. The summed E-state index contributed by atoms with van der Waals surface area (Å²) in [6.45, 7) is 0. The Hall–Kier alpha value is -2.32. The van der Waals surface area contributed by atoms with Crippen LogP contribution < -0.4 is 5.43 Å². The number of aromatic carboxylic acids is 1. The fraction of sp³-hybridized carbons (Fsp3) is 0.143. The van der Waals surface area contributed by atoms with Crippen LogP contribution in [0.2, 0.25) is 0 Å². The summed E-state index contributed by atoms with van der Waals surface area (Å²) in [4.78, 5) is 32.4. The molecule has 0 aliphatic rings. The van der Waals surface area contributed by atoms with Gasteiger partial charge in [-0.25, -0.2) is 13.6 Å². The van der Waals surface area contributed by atoms with Crippen LogP contribution in [-0.2, 0) is 0 Å². The van der Waals surface area contributed by atoms with E-state index >= 15 is 0 Å². The average Bonchev–Trinajstić information content (AvgIpc) is 2.15. The Kier molecular flexibility index (Phi) is 2.97. The molecule has 1 aromatic heterocycles. The fourth-order valence-electron chi connectivity index (χ4n) is 1.03. The quantitative estimate of drug-likeness (QED) is 0.596. The number of rotatable bonds is 3. The second-order valence-electron chi connectivity index (χ2n) is 2.68. The lowest BCUT2D eigenvalue weighted by molar-refractivity contribution is -0.386. The van der Waals surface area contributed by atoms with E-state index in [4.69, 9.17) is 5.11 Å². The zero-order valence-electron chi connectivity index (χ0n) is 7.44. The molecule has 1 rings (SSSR count). The Balaban J connectivity index is 3.59. The van der Waals surface area contributed by atoms with Crippen molar-refractivity contribution >= 4 is 11.7 Å². The number of nitrogens with one attached hydrogen (secondary N) is 1. The lowest BCUT2D eigenvalue weighted by Crippen LogP contribution is -2.17. The number of carbonyl (C=O) groups is 1. The van der Waals surface area contributed by atoms with Crippen molar-refractivity contribution in [3.8, 4) is 0 Å². The van der Waals surface area contributed by atoms with Gasteiger partial charge in [-0.15, -0.1) is 0 Å². The molecular formula is C7H4F2N2O5. The molecule has 0 aliphatic carbocycles. The molecule has 1 heterocycles. The van der Waals surface area contributed by atoms with Crippen molar-refractivity contribution in [3.63, 3.8) is 0 Å². The van der Waals surface area contributed by atoms with Gasteiger partial charge in [-0.05, 0) is 0 Å². The van der Waals surface area contributed by atoms with Crippen LogP contribution in [0.4, 0.5) is 14.5 Å². The molecule has 0 aliphatic heterocycles. The number of H-pyrrole nitrogens is 1. The Morgan fingerprint density at radius 1 is 1.56 bits per heavy atom. The van der Waals surface area contributed by atoms with Crippen LogP contribution in [0.5, 0.6) is 0 Å². The summed E-state index contributed by atoms with van der Waals surface area (Å²) in [6.07, 6.45) is -3.12. The van der Waals surface area contributed by atoms with Crippen molar-refractivity contribution in [1.29, 1.82) is 0 Å². The summed E-state index contributed by atoms with van der Waals surface area (Å²) >= 11 is 0. The molecule has 2 N–H and O–H groups in total. The van der Waals surface area contributed by atoms with Gasteiger partial charge in [-0.1, -0.05) is 0 Å². The van der Waals surface area contributed by atoms with E-state index in [1.165, 1.54) is 0 Å². The number of hydrogen-bond donors (Lipinski definition) is 2. The summed E-state index contributed by atoms with van der Waals surface area (Å²) in [5.74, 6) is -1.86. The van der Waals surface area contributed by atoms with Crippen LogP contribution >= 0.6 is 0 Å². The maximum atomic E-state index is 12.2. The van der Waals surface area contributed by atoms with Gasteiger partial charge in [0.15, 0.2) is 0 Å². The summed E-state index contributed by atoms with van der Waals surface area (Å²) in [6, 6.07) is 0.301. The highest BCUT2D eigenvalue weighted by Crippen LogP contribution is 2.18. The van der Waals surface area contributed by atoms with E-state index in [1.807, 2.05) is 0 Å². The number of carboxylic acids is 1. The molecule has 0 aromatic carbocycles. The van der Waals surface area contributed by atoms with Crippen molar-refractivity contribution in [1.82, 2.24) is 4.98 Å². The lowest BCUT2D eigenvalue weighted by atomic mass is 10.2. The number of aromatic nitrogens is 1. The highest BCUT2D eigenvalue weighted by molar-refractivity contribution is 5.89. The molecule has 0 saturated heterocycles. The zero-order chi connectivity index (χ0) is 12.5. The first-order chi connectivity index (χ1) is 7.34. The number of pyridine rings is 1. The van der Waals surface area contributed by atoms with Gasteiger partial charge in [0.25, 0.3) is 11.9 Å². The number of hydrogen-bond acceptors (Lipinski definition) is 4. The largest absolute Gasteiger partial charge is 0.476 e. The van der Waals surface area contributed by atoms with Crippen LogP contribution in [0, 0.1) is 10.1 Å². The van der Waals surface area contributed by atoms with Crippen LogP contribution in [0.1, 0.15) is 22.6 Å². The van der Waals surface area contributed by atoms with E-state index < -0.39 is 39.8 Å². The minimum absolute atomic E-state index is 0.301. The smallest absolute Gasteiger partial charge is 0.359 e. The maximum Gasteiger partial charge on any atom is 0.359 e. The standard InChI is InChI=1S/C7H4F2N2O5/c8-6(9)2-1-3(12)5(11(15)16)4(10-2)7(13)14/h1,6H,(H,10,12)(H,13,14). The van der Waals surface area contributed by atoms with E-state index in [2.05, 4.69) is 0 Å². The SMILES string of the molecule is O=C(O)c1[nH]c(C(F)F)cc(=O)c1[N+](=O)[O-]. The number of carboxylic acid groups (broad SMARTS) is 1. The van der Waals surface area contributed by atoms with Gasteiger partial charge in [0.05, 0.1) is 10.6 Å². The van der Waals surface area contributed by atoms with Crippen molar-refractivity contribution < 1.29 is 23.6 Å². The Bertz CT molecular complexity index is 510. The molecule has 1 aromatic rings. The molecule has 86 valence electrons. The first-order valence-electron chi connectivity index (χ1n) is 3.77. The fourth-order valence-corrected chi connectivity index (χ4v) is 1.03. The molecule has 0 spiro atoms. The average molecular weight is 234 g/mol. The zero-order valence-corrected chi connectivity index (χ0v) is 7.44. The van der Waals surface area contributed by atoms with Gasteiger partial charge >= 0.3 is 11.7 Å². The number of aromatic amines is 1. The van der Waals surface area contributed by atoms with Gasteiger partial charge in [0.1, 0.15) is 0 Å². The van der Waals surface area contributed by atoms with E-state index in [0.29, 0.717) is 6.07 Å². The molecule has 0 radical (unpaired) electrons. The maximum absolute atomic E-state index is 12.2. The summed E-state index contributed by atoms with van der Waals surface area (Å²) < 4.78 is 24.4. The molecule has 7 nitrogen and oxygen atoms in total. The van der Waals surface area contributed by atoms with Crippen LogP contribution in [0.3, 0.4) is 0 Å². The van der Waals surface area contributed by atoms with Crippen molar-refractivity contribution in [2.24, 2.45) is 0 Å². The van der Waals surface area contributed by atoms with E-state index in [-0.39, 0.29) is 0 Å². The predicted octanol–water partition coefficient (Wildman–Crippen LogP) is 0.919. The second kappa shape index (κ2) is 4.04. The number of nitrogens with zero attached hydrogens (tertiary/aromatic N) is 1. The van der Waals surface area contributed by atoms with Gasteiger partial charge < -0.3 is 10.1 Å². The second-order valence-corrected chi connectivity index (χ2v) is 2.68. The van der Waals surface area contributed by atoms with Gasteiger partial charge in [-0.3, -0.25) is 14.9 Å². The first-order valence-corrected chi connectivity index (χ1v) is 3.77.